The highest BCUT2D eigenvalue weighted by atomic mass is 16.5. The summed E-state index contributed by atoms with van der Waals surface area (Å²) in [4.78, 5) is 0. The van der Waals surface area contributed by atoms with Gasteiger partial charge in [-0.1, -0.05) is 89.5 Å². The zero-order valence-electron chi connectivity index (χ0n) is 19.8. The van der Waals surface area contributed by atoms with E-state index in [0.717, 1.165) is 29.4 Å². The van der Waals surface area contributed by atoms with Crippen LogP contribution in [0.4, 0.5) is 0 Å². The first-order valence-corrected chi connectivity index (χ1v) is 13.1. The van der Waals surface area contributed by atoms with E-state index < -0.39 is 0 Å². The first kappa shape index (κ1) is 23.4. The summed E-state index contributed by atoms with van der Waals surface area (Å²) in [6, 6.07) is 8.88. The maximum Gasteiger partial charge on any atom is 0.119 e. The zero-order valence-corrected chi connectivity index (χ0v) is 19.8. The van der Waals surface area contributed by atoms with E-state index >= 15 is 0 Å². The smallest absolute Gasteiger partial charge is 0.119 e. The van der Waals surface area contributed by atoms with Crippen molar-refractivity contribution >= 4 is 0 Å². The van der Waals surface area contributed by atoms with Crippen LogP contribution in [0.2, 0.25) is 0 Å². The fourth-order valence-electron chi connectivity index (χ4n) is 5.81. The van der Waals surface area contributed by atoms with E-state index in [-0.39, 0.29) is 0 Å². The summed E-state index contributed by atoms with van der Waals surface area (Å²) >= 11 is 0. The highest BCUT2D eigenvalue weighted by Crippen LogP contribution is 2.34. The van der Waals surface area contributed by atoms with Crippen molar-refractivity contribution in [3.8, 4) is 5.75 Å². The Hall–Kier alpha value is -1.24. The Morgan fingerprint density at radius 3 is 1.83 bits per heavy atom. The van der Waals surface area contributed by atoms with Crippen molar-refractivity contribution < 1.29 is 4.74 Å². The molecule has 0 radical (unpaired) electrons. The SMILES string of the molecule is CCCC1CCC(/C=C/COc2ccc(CCC3CCC(CCC)CC3)cc2)CC1. The molecule has 30 heavy (non-hydrogen) atoms. The number of hydrogen-bond donors (Lipinski definition) is 0. The van der Waals surface area contributed by atoms with Crippen molar-refractivity contribution in [1.29, 1.82) is 0 Å². The minimum absolute atomic E-state index is 0.704. The Bertz CT molecular complexity index is 585. The van der Waals surface area contributed by atoms with Gasteiger partial charge in [-0.3, -0.25) is 0 Å². The summed E-state index contributed by atoms with van der Waals surface area (Å²) in [5.41, 5.74) is 1.47. The van der Waals surface area contributed by atoms with Crippen molar-refractivity contribution in [1.82, 2.24) is 0 Å². The summed E-state index contributed by atoms with van der Waals surface area (Å²) in [5, 5.41) is 0. The van der Waals surface area contributed by atoms with E-state index in [2.05, 4.69) is 50.3 Å². The van der Waals surface area contributed by atoms with E-state index in [1.807, 2.05) is 0 Å². The zero-order chi connectivity index (χ0) is 21.0. The van der Waals surface area contributed by atoms with Gasteiger partial charge in [0.1, 0.15) is 12.4 Å². The number of aryl methyl sites for hydroxylation is 1. The minimum atomic E-state index is 0.704. The molecule has 1 heteroatoms. The van der Waals surface area contributed by atoms with Crippen LogP contribution in [0.5, 0.6) is 5.75 Å². The fraction of sp³-hybridized carbons (Fsp3) is 0.724. The normalized spacial score (nSPS) is 27.4. The molecule has 0 saturated heterocycles. The van der Waals surface area contributed by atoms with E-state index in [0.29, 0.717) is 6.61 Å². The van der Waals surface area contributed by atoms with Crippen molar-refractivity contribution in [2.24, 2.45) is 23.7 Å². The fourth-order valence-corrected chi connectivity index (χ4v) is 5.81. The molecule has 3 rings (SSSR count). The third-order valence-electron chi connectivity index (χ3n) is 7.77. The van der Waals surface area contributed by atoms with Gasteiger partial charge in [0.2, 0.25) is 0 Å². The topological polar surface area (TPSA) is 9.23 Å². The second-order valence-corrected chi connectivity index (χ2v) is 10.2. The quantitative estimate of drug-likeness (QED) is 0.331. The number of allylic oxidation sites excluding steroid dienone is 1. The summed E-state index contributed by atoms with van der Waals surface area (Å²) in [6.07, 6.45) is 24.3. The van der Waals surface area contributed by atoms with Gasteiger partial charge in [0.15, 0.2) is 0 Å². The Labute approximate surface area is 186 Å². The van der Waals surface area contributed by atoms with Crippen LogP contribution in [0, 0.1) is 23.7 Å². The highest BCUT2D eigenvalue weighted by Gasteiger charge is 2.20. The van der Waals surface area contributed by atoms with Gasteiger partial charge in [-0.2, -0.15) is 0 Å². The third-order valence-corrected chi connectivity index (χ3v) is 7.77. The van der Waals surface area contributed by atoms with Gasteiger partial charge in [0, 0.05) is 0 Å². The molecule has 0 N–H and O–H groups in total. The molecule has 1 aromatic carbocycles. The molecule has 2 aliphatic carbocycles. The van der Waals surface area contributed by atoms with Gasteiger partial charge < -0.3 is 4.74 Å². The van der Waals surface area contributed by atoms with Gasteiger partial charge in [0.25, 0.3) is 0 Å². The Kier molecular flexibility index (Phi) is 10.3. The molecular weight excluding hydrogens is 364 g/mol. The molecule has 0 unspecified atom stereocenters. The summed E-state index contributed by atoms with van der Waals surface area (Å²) in [7, 11) is 0. The van der Waals surface area contributed by atoms with E-state index in [9.17, 15) is 0 Å². The van der Waals surface area contributed by atoms with Crippen LogP contribution in [0.3, 0.4) is 0 Å². The van der Waals surface area contributed by atoms with Gasteiger partial charge in [-0.15, -0.1) is 0 Å². The molecule has 0 amide bonds. The van der Waals surface area contributed by atoms with Crippen LogP contribution < -0.4 is 4.74 Å². The molecule has 2 fully saturated rings. The molecule has 2 aliphatic rings. The average molecular weight is 411 g/mol. The second kappa shape index (κ2) is 13.2. The molecule has 0 heterocycles. The number of benzene rings is 1. The van der Waals surface area contributed by atoms with Crippen LogP contribution in [0.25, 0.3) is 0 Å². The maximum atomic E-state index is 5.95. The van der Waals surface area contributed by atoms with Crippen molar-refractivity contribution in [3.05, 3.63) is 42.0 Å². The molecule has 1 aromatic rings. The Balaban J connectivity index is 1.29. The summed E-state index contributed by atoms with van der Waals surface area (Å²) in [6.45, 7) is 5.35. The Morgan fingerprint density at radius 2 is 1.27 bits per heavy atom. The van der Waals surface area contributed by atoms with Gasteiger partial charge in [-0.25, -0.2) is 0 Å². The molecule has 2 saturated carbocycles. The molecule has 0 bridgehead atoms. The molecule has 0 aliphatic heterocycles. The minimum Gasteiger partial charge on any atom is -0.490 e. The molecule has 1 nitrogen and oxygen atoms in total. The molecule has 0 atom stereocenters. The average Bonchev–Trinajstić information content (AvgIpc) is 2.78. The lowest BCUT2D eigenvalue weighted by molar-refractivity contribution is 0.252. The molecular formula is C29H46O. The maximum absolute atomic E-state index is 5.95. The Morgan fingerprint density at radius 1 is 0.733 bits per heavy atom. The summed E-state index contributed by atoms with van der Waals surface area (Å²) in [5.74, 6) is 4.76. The van der Waals surface area contributed by atoms with Crippen LogP contribution >= 0.6 is 0 Å². The lowest BCUT2D eigenvalue weighted by Crippen LogP contribution is -2.15. The first-order chi connectivity index (χ1) is 14.8. The standard InChI is InChI=1S/C29H46O/c1-3-6-24-9-13-26(14-10-24)8-5-23-30-29-21-19-28(20-22-29)18-17-27-15-11-25(7-4-2)12-16-27/h5,8,19-22,24-27H,3-4,6-7,9-18,23H2,1-2H3/b8-5+. The monoisotopic (exact) mass is 410 g/mol. The van der Waals surface area contributed by atoms with Crippen LogP contribution in [-0.2, 0) is 6.42 Å². The van der Waals surface area contributed by atoms with Crippen molar-refractivity contribution in [2.45, 2.75) is 104 Å². The van der Waals surface area contributed by atoms with Gasteiger partial charge >= 0.3 is 0 Å². The van der Waals surface area contributed by atoms with E-state index in [1.54, 1.807) is 0 Å². The largest absolute Gasteiger partial charge is 0.490 e. The molecule has 0 spiro atoms. The van der Waals surface area contributed by atoms with Crippen molar-refractivity contribution in [3.63, 3.8) is 0 Å². The van der Waals surface area contributed by atoms with Crippen LogP contribution in [-0.4, -0.2) is 6.61 Å². The van der Waals surface area contributed by atoms with E-state index in [4.69, 9.17) is 4.74 Å². The summed E-state index contributed by atoms with van der Waals surface area (Å²) < 4.78 is 5.95. The first-order valence-electron chi connectivity index (χ1n) is 13.1. The van der Waals surface area contributed by atoms with E-state index in [1.165, 1.54) is 95.5 Å². The predicted octanol–water partition coefficient (Wildman–Crippen LogP) is 8.77. The molecule has 168 valence electrons. The van der Waals surface area contributed by atoms with Gasteiger partial charge in [-0.05, 0) is 79.9 Å². The number of hydrogen-bond acceptors (Lipinski definition) is 1. The predicted molar refractivity (Wildman–Crippen MR) is 130 cm³/mol. The van der Waals surface area contributed by atoms with Crippen molar-refractivity contribution in [2.75, 3.05) is 6.61 Å². The van der Waals surface area contributed by atoms with Crippen LogP contribution in [0.15, 0.2) is 36.4 Å². The highest BCUT2D eigenvalue weighted by molar-refractivity contribution is 5.27. The third kappa shape index (κ3) is 8.12. The lowest BCUT2D eigenvalue weighted by Gasteiger charge is -2.28. The second-order valence-electron chi connectivity index (χ2n) is 10.2. The number of rotatable bonds is 11. The van der Waals surface area contributed by atoms with Crippen LogP contribution in [0.1, 0.15) is 103 Å². The van der Waals surface area contributed by atoms with Gasteiger partial charge in [0.05, 0.1) is 0 Å². The molecule has 0 aromatic heterocycles. The number of ether oxygens (including phenoxy) is 1. The lowest BCUT2D eigenvalue weighted by atomic mass is 9.78.